The Morgan fingerprint density at radius 3 is 2.69 bits per heavy atom. The average Bonchev–Trinajstić information content (AvgIpc) is 3.07. The van der Waals surface area contributed by atoms with Crippen LogP contribution in [0.1, 0.15) is 22.5 Å². The molecule has 7 heteroatoms. The molecule has 2 heterocycles. The van der Waals surface area contributed by atoms with E-state index < -0.39 is 12.1 Å². The first-order chi connectivity index (χ1) is 14.0. The minimum Gasteiger partial charge on any atom is -0.481 e. The van der Waals surface area contributed by atoms with Crippen LogP contribution in [0.4, 0.5) is 4.39 Å². The topological polar surface area (TPSA) is 71.8 Å². The first-order valence-electron chi connectivity index (χ1n) is 9.47. The van der Waals surface area contributed by atoms with E-state index in [9.17, 15) is 14.0 Å². The number of rotatable bonds is 5. The van der Waals surface area contributed by atoms with Gasteiger partial charge in [-0.2, -0.15) is 0 Å². The molecule has 0 aliphatic carbocycles. The molecular formula is C22H21FN2O4. The Hall–Kier alpha value is -3.19. The van der Waals surface area contributed by atoms with Crippen molar-refractivity contribution in [1.29, 1.82) is 0 Å². The number of halogens is 1. The largest absolute Gasteiger partial charge is 0.481 e. The monoisotopic (exact) mass is 396 g/mol. The number of morpholine rings is 1. The highest BCUT2D eigenvalue weighted by atomic mass is 19.1. The fourth-order valence-electron chi connectivity index (χ4n) is 3.74. The lowest BCUT2D eigenvalue weighted by Gasteiger charge is -2.32. The molecule has 0 radical (unpaired) electrons. The van der Waals surface area contributed by atoms with Crippen LogP contribution in [0.25, 0.3) is 10.9 Å². The summed E-state index contributed by atoms with van der Waals surface area (Å²) in [5, 5.41) is 9.91. The smallest absolute Gasteiger partial charge is 0.306 e. The molecule has 0 saturated carbocycles. The summed E-state index contributed by atoms with van der Waals surface area (Å²) >= 11 is 0. The Labute approximate surface area is 167 Å². The molecule has 1 saturated heterocycles. The number of hydrogen-bond donors (Lipinski definition) is 1. The highest BCUT2D eigenvalue weighted by Crippen LogP contribution is 2.24. The summed E-state index contributed by atoms with van der Waals surface area (Å²) < 4.78 is 21.6. The first-order valence-corrected chi connectivity index (χ1v) is 9.47. The van der Waals surface area contributed by atoms with Crippen molar-refractivity contribution in [3.05, 3.63) is 71.7 Å². The lowest BCUT2D eigenvalue weighted by molar-refractivity contribution is -0.141. The Morgan fingerprint density at radius 1 is 1.14 bits per heavy atom. The van der Waals surface area contributed by atoms with Crippen LogP contribution in [0, 0.1) is 5.82 Å². The van der Waals surface area contributed by atoms with E-state index in [0.29, 0.717) is 17.8 Å². The van der Waals surface area contributed by atoms with Crippen molar-refractivity contribution >= 4 is 22.8 Å². The van der Waals surface area contributed by atoms with E-state index in [0.717, 1.165) is 10.9 Å². The van der Waals surface area contributed by atoms with Crippen LogP contribution in [0.5, 0.6) is 0 Å². The number of aliphatic carboxylic acids is 1. The Balaban J connectivity index is 1.68. The van der Waals surface area contributed by atoms with Gasteiger partial charge in [0.1, 0.15) is 11.5 Å². The first kappa shape index (κ1) is 19.1. The molecule has 1 amide bonds. The van der Waals surface area contributed by atoms with Gasteiger partial charge in [-0.25, -0.2) is 4.39 Å². The van der Waals surface area contributed by atoms with E-state index in [1.165, 1.54) is 6.07 Å². The zero-order valence-corrected chi connectivity index (χ0v) is 15.8. The standard InChI is InChI=1S/C22H21FN2O4/c23-18-7-3-1-6-16(18)13-25-19-8-4-2-5-15(19)11-20(25)22(28)24-9-10-29-17(14-24)12-21(26)27/h1-8,11,17H,9-10,12-14H2,(H,26,27)/t17-/m0/s1. The number of carbonyl (C=O) groups is 2. The van der Waals surface area contributed by atoms with Crippen LogP contribution >= 0.6 is 0 Å². The average molecular weight is 396 g/mol. The summed E-state index contributed by atoms with van der Waals surface area (Å²) in [4.78, 5) is 25.9. The Bertz CT molecular complexity index is 1060. The maximum Gasteiger partial charge on any atom is 0.306 e. The molecule has 29 heavy (non-hydrogen) atoms. The van der Waals surface area contributed by atoms with Crippen LogP contribution in [0.3, 0.4) is 0 Å². The fraction of sp³-hybridized carbons (Fsp3) is 0.273. The Morgan fingerprint density at radius 2 is 1.90 bits per heavy atom. The summed E-state index contributed by atoms with van der Waals surface area (Å²) in [6.45, 7) is 1.11. The molecular weight excluding hydrogens is 375 g/mol. The van der Waals surface area contributed by atoms with Gasteiger partial charge in [0, 0.05) is 29.6 Å². The number of carboxylic acids is 1. The molecule has 1 aliphatic heterocycles. The molecule has 150 valence electrons. The number of carbonyl (C=O) groups excluding carboxylic acids is 1. The van der Waals surface area contributed by atoms with Crippen molar-refractivity contribution < 1.29 is 23.8 Å². The number of benzene rings is 2. The van der Waals surface area contributed by atoms with Crippen LogP contribution < -0.4 is 0 Å². The van der Waals surface area contributed by atoms with Crippen LogP contribution in [-0.2, 0) is 16.1 Å². The van der Waals surface area contributed by atoms with Gasteiger partial charge in [-0.1, -0.05) is 36.4 Å². The summed E-state index contributed by atoms with van der Waals surface area (Å²) in [5.74, 6) is -1.49. The van der Waals surface area contributed by atoms with Gasteiger partial charge < -0.3 is 19.3 Å². The molecule has 6 nitrogen and oxygen atoms in total. The number of hydrogen-bond acceptors (Lipinski definition) is 3. The van der Waals surface area contributed by atoms with E-state index in [4.69, 9.17) is 9.84 Å². The van der Waals surface area contributed by atoms with Crippen molar-refractivity contribution in [2.45, 2.75) is 19.1 Å². The molecule has 2 aromatic carbocycles. The second-order valence-electron chi connectivity index (χ2n) is 7.11. The van der Waals surface area contributed by atoms with Gasteiger partial charge in [-0.15, -0.1) is 0 Å². The van der Waals surface area contributed by atoms with Crippen molar-refractivity contribution in [3.63, 3.8) is 0 Å². The molecule has 1 aliphatic rings. The zero-order valence-electron chi connectivity index (χ0n) is 15.8. The molecule has 1 N–H and O–H groups in total. The van der Waals surface area contributed by atoms with Gasteiger partial charge in [-0.05, 0) is 18.2 Å². The van der Waals surface area contributed by atoms with Crippen molar-refractivity contribution in [2.75, 3.05) is 19.7 Å². The molecule has 0 unspecified atom stereocenters. The SMILES string of the molecule is O=C(O)C[C@H]1CN(C(=O)c2cc3ccccc3n2Cc2ccccc2F)CCO1. The predicted molar refractivity (Wildman–Crippen MR) is 105 cm³/mol. The minimum atomic E-state index is -0.960. The van der Waals surface area contributed by atoms with Crippen LogP contribution in [0.15, 0.2) is 54.6 Å². The van der Waals surface area contributed by atoms with Gasteiger partial charge in [0.15, 0.2) is 0 Å². The molecule has 1 fully saturated rings. The Kier molecular flexibility index (Phi) is 5.31. The van der Waals surface area contributed by atoms with E-state index in [2.05, 4.69) is 0 Å². The van der Waals surface area contributed by atoms with Crippen molar-refractivity contribution in [2.24, 2.45) is 0 Å². The van der Waals surface area contributed by atoms with Crippen molar-refractivity contribution in [1.82, 2.24) is 9.47 Å². The predicted octanol–water partition coefficient (Wildman–Crippen LogP) is 3.14. The third kappa shape index (κ3) is 4.00. The number of ether oxygens (including phenoxy) is 1. The second kappa shape index (κ2) is 8.05. The second-order valence-corrected chi connectivity index (χ2v) is 7.11. The molecule has 1 atom stereocenters. The third-order valence-corrected chi connectivity index (χ3v) is 5.14. The number of fused-ring (bicyclic) bond motifs is 1. The molecule has 3 aromatic rings. The number of para-hydroxylation sites is 1. The van der Waals surface area contributed by atoms with E-state index in [-0.39, 0.29) is 37.8 Å². The summed E-state index contributed by atoms with van der Waals surface area (Å²) in [6, 6.07) is 15.9. The number of amides is 1. The molecule has 4 rings (SSSR count). The lowest BCUT2D eigenvalue weighted by atomic mass is 10.2. The van der Waals surface area contributed by atoms with Gasteiger partial charge in [0.05, 0.1) is 25.7 Å². The zero-order chi connectivity index (χ0) is 20.4. The van der Waals surface area contributed by atoms with Gasteiger partial charge in [0.25, 0.3) is 5.91 Å². The highest BCUT2D eigenvalue weighted by Gasteiger charge is 2.28. The summed E-state index contributed by atoms with van der Waals surface area (Å²) in [7, 11) is 0. The quantitative estimate of drug-likeness (QED) is 0.719. The summed E-state index contributed by atoms with van der Waals surface area (Å²) in [5.41, 5.74) is 1.79. The number of aromatic nitrogens is 1. The highest BCUT2D eigenvalue weighted by molar-refractivity contribution is 5.99. The number of nitrogens with zero attached hydrogens (tertiary/aromatic N) is 2. The van der Waals surface area contributed by atoms with E-state index in [1.807, 2.05) is 28.8 Å². The summed E-state index contributed by atoms with van der Waals surface area (Å²) in [6.07, 6.45) is -0.684. The van der Waals surface area contributed by atoms with Crippen LogP contribution in [-0.4, -0.2) is 52.3 Å². The maximum absolute atomic E-state index is 14.3. The maximum atomic E-state index is 14.3. The lowest BCUT2D eigenvalue weighted by Crippen LogP contribution is -2.46. The number of carboxylic acid groups (broad SMARTS) is 1. The normalized spacial score (nSPS) is 16.9. The molecule has 1 aromatic heterocycles. The van der Waals surface area contributed by atoms with E-state index in [1.54, 1.807) is 29.2 Å². The van der Waals surface area contributed by atoms with Gasteiger partial charge in [0.2, 0.25) is 0 Å². The molecule has 0 bridgehead atoms. The van der Waals surface area contributed by atoms with Gasteiger partial charge in [-0.3, -0.25) is 9.59 Å². The van der Waals surface area contributed by atoms with Crippen molar-refractivity contribution in [3.8, 4) is 0 Å². The third-order valence-electron chi connectivity index (χ3n) is 5.14. The van der Waals surface area contributed by atoms with Gasteiger partial charge >= 0.3 is 5.97 Å². The molecule has 0 spiro atoms. The van der Waals surface area contributed by atoms with E-state index >= 15 is 0 Å². The fourth-order valence-corrected chi connectivity index (χ4v) is 3.74. The van der Waals surface area contributed by atoms with Crippen LogP contribution in [0.2, 0.25) is 0 Å². The minimum absolute atomic E-state index is 0.151.